The van der Waals surface area contributed by atoms with Gasteiger partial charge in [0.1, 0.15) is 5.75 Å². The van der Waals surface area contributed by atoms with Crippen molar-refractivity contribution in [1.29, 1.82) is 0 Å². The highest BCUT2D eigenvalue weighted by Gasteiger charge is 2.18. The Labute approximate surface area is 170 Å². The van der Waals surface area contributed by atoms with E-state index >= 15 is 0 Å². The number of carbonyl (C=O) groups excluding carboxylic acids is 1. The zero-order chi connectivity index (χ0) is 19.2. The van der Waals surface area contributed by atoms with Crippen molar-refractivity contribution < 1.29 is 9.53 Å². The Morgan fingerprint density at radius 3 is 2.70 bits per heavy atom. The van der Waals surface area contributed by atoms with E-state index in [1.54, 1.807) is 0 Å². The Morgan fingerprint density at radius 1 is 1.26 bits per heavy atom. The molecule has 1 atom stereocenters. The second-order valence-corrected chi connectivity index (χ2v) is 7.82. The van der Waals surface area contributed by atoms with E-state index in [9.17, 15) is 4.79 Å². The first-order valence-corrected chi connectivity index (χ1v) is 10.1. The number of carbonyl (C=O) groups is 1. The molecule has 2 N–H and O–H groups in total. The number of aromatic nitrogens is 3. The molecule has 3 aromatic rings. The minimum Gasteiger partial charge on any atom is -0.494 e. The van der Waals surface area contributed by atoms with Gasteiger partial charge in [0.05, 0.1) is 11.9 Å². The minimum absolute atomic E-state index is 0.114. The molecule has 0 radical (unpaired) electrons. The molecule has 0 saturated carbocycles. The maximum Gasteiger partial charge on any atom is 0.237 e. The summed E-state index contributed by atoms with van der Waals surface area (Å²) in [6.07, 6.45) is 0. The highest BCUT2D eigenvalue weighted by molar-refractivity contribution is 9.10. The van der Waals surface area contributed by atoms with E-state index in [4.69, 9.17) is 4.74 Å². The van der Waals surface area contributed by atoms with Crippen LogP contribution in [0, 0.1) is 0 Å². The van der Waals surface area contributed by atoms with Crippen molar-refractivity contribution in [3.05, 3.63) is 53.0 Å². The molecule has 0 saturated heterocycles. The third kappa shape index (κ3) is 5.11. The summed E-state index contributed by atoms with van der Waals surface area (Å²) in [7, 11) is 0. The molecule has 1 amide bonds. The van der Waals surface area contributed by atoms with Gasteiger partial charge in [-0.05, 0) is 44.2 Å². The number of hydrogen-bond donors (Lipinski definition) is 2. The fourth-order valence-electron chi connectivity index (χ4n) is 2.33. The first-order valence-electron chi connectivity index (χ1n) is 8.44. The number of hydrogen-bond acceptors (Lipinski definition) is 5. The zero-order valence-corrected chi connectivity index (χ0v) is 17.3. The Kier molecular flexibility index (Phi) is 6.52. The van der Waals surface area contributed by atoms with Gasteiger partial charge in [-0.25, -0.2) is 4.98 Å². The van der Waals surface area contributed by atoms with Crippen LogP contribution in [0.3, 0.4) is 0 Å². The van der Waals surface area contributed by atoms with Crippen LogP contribution in [0.5, 0.6) is 5.75 Å². The summed E-state index contributed by atoms with van der Waals surface area (Å²) in [5.41, 5.74) is 1.64. The second-order valence-electron chi connectivity index (χ2n) is 5.65. The summed E-state index contributed by atoms with van der Waals surface area (Å²) in [6, 6.07) is 15.1. The molecule has 1 unspecified atom stereocenters. The Balaban J connectivity index is 1.61. The topological polar surface area (TPSA) is 79.9 Å². The summed E-state index contributed by atoms with van der Waals surface area (Å²) < 4.78 is 6.33. The predicted octanol–water partition coefficient (Wildman–Crippen LogP) is 4.75. The molecule has 1 heterocycles. The molecule has 6 nitrogen and oxygen atoms in total. The number of ether oxygens (including phenoxy) is 1. The molecular weight excluding hydrogens is 428 g/mol. The van der Waals surface area contributed by atoms with Crippen molar-refractivity contribution in [2.75, 3.05) is 11.9 Å². The third-order valence-corrected chi connectivity index (χ3v) is 5.33. The van der Waals surface area contributed by atoms with Crippen LogP contribution in [0.1, 0.15) is 13.8 Å². The molecule has 2 aromatic carbocycles. The number of aromatic amines is 1. The number of benzene rings is 2. The van der Waals surface area contributed by atoms with Gasteiger partial charge in [-0.2, -0.15) is 0 Å². The van der Waals surface area contributed by atoms with Gasteiger partial charge in [-0.15, -0.1) is 5.10 Å². The monoisotopic (exact) mass is 446 g/mol. The number of rotatable bonds is 7. The normalized spacial score (nSPS) is 11.8. The summed E-state index contributed by atoms with van der Waals surface area (Å²) >= 11 is 4.80. The Bertz CT molecular complexity index is 914. The number of H-pyrrole nitrogens is 1. The van der Waals surface area contributed by atoms with Gasteiger partial charge >= 0.3 is 0 Å². The Morgan fingerprint density at radius 2 is 2.00 bits per heavy atom. The Hall–Kier alpha value is -2.32. The summed E-state index contributed by atoms with van der Waals surface area (Å²) in [5, 5.41) is 10.2. The quantitative estimate of drug-likeness (QED) is 0.511. The smallest absolute Gasteiger partial charge is 0.237 e. The van der Waals surface area contributed by atoms with Gasteiger partial charge in [0.15, 0.2) is 5.82 Å². The SMILES string of the molecule is CCOc1ccc(NC(=O)C(C)Sc2n[nH]c(-c3ccccc3Br)n2)cc1. The van der Waals surface area contributed by atoms with E-state index in [0.717, 1.165) is 21.5 Å². The van der Waals surface area contributed by atoms with Crippen LogP contribution in [0.25, 0.3) is 11.4 Å². The van der Waals surface area contributed by atoms with Crippen LogP contribution in [0.2, 0.25) is 0 Å². The largest absolute Gasteiger partial charge is 0.494 e. The molecule has 0 aliphatic heterocycles. The van der Waals surface area contributed by atoms with Crippen LogP contribution < -0.4 is 10.1 Å². The van der Waals surface area contributed by atoms with E-state index in [-0.39, 0.29) is 11.2 Å². The number of halogens is 1. The molecule has 0 fully saturated rings. The molecule has 0 aliphatic rings. The van der Waals surface area contributed by atoms with E-state index in [1.807, 2.05) is 62.4 Å². The van der Waals surface area contributed by atoms with Crippen LogP contribution in [-0.4, -0.2) is 32.9 Å². The van der Waals surface area contributed by atoms with E-state index < -0.39 is 0 Å². The summed E-state index contributed by atoms with van der Waals surface area (Å²) in [5.74, 6) is 1.32. The van der Waals surface area contributed by atoms with Crippen molar-refractivity contribution >= 4 is 39.3 Å². The summed E-state index contributed by atoms with van der Waals surface area (Å²) in [6.45, 7) is 4.36. The molecule has 8 heteroatoms. The highest BCUT2D eigenvalue weighted by Crippen LogP contribution is 2.28. The standard InChI is InChI=1S/C19H19BrN4O2S/c1-3-26-14-10-8-13(9-11-14)21-18(25)12(2)27-19-22-17(23-24-19)15-6-4-5-7-16(15)20/h4-12H,3H2,1-2H3,(H,21,25)(H,22,23,24). The maximum absolute atomic E-state index is 12.4. The average molecular weight is 447 g/mol. The molecule has 0 aliphatic carbocycles. The minimum atomic E-state index is -0.348. The molecule has 0 bridgehead atoms. The highest BCUT2D eigenvalue weighted by atomic mass is 79.9. The molecule has 140 valence electrons. The molecule has 27 heavy (non-hydrogen) atoms. The van der Waals surface area contributed by atoms with Gasteiger partial charge in [0, 0.05) is 15.7 Å². The van der Waals surface area contributed by atoms with Crippen LogP contribution in [0.15, 0.2) is 58.2 Å². The number of thioether (sulfide) groups is 1. The lowest BCUT2D eigenvalue weighted by atomic mass is 10.2. The first kappa shape index (κ1) is 19.4. The van der Waals surface area contributed by atoms with Crippen molar-refractivity contribution in [2.24, 2.45) is 0 Å². The number of anilines is 1. The zero-order valence-electron chi connectivity index (χ0n) is 14.9. The van der Waals surface area contributed by atoms with Crippen molar-refractivity contribution in [3.63, 3.8) is 0 Å². The lowest BCUT2D eigenvalue weighted by molar-refractivity contribution is -0.115. The van der Waals surface area contributed by atoms with Gasteiger partial charge in [-0.3, -0.25) is 9.89 Å². The number of nitrogens with one attached hydrogen (secondary N) is 2. The molecule has 1 aromatic heterocycles. The molecular formula is C19H19BrN4O2S. The van der Waals surface area contributed by atoms with Gasteiger partial charge in [0.25, 0.3) is 0 Å². The summed E-state index contributed by atoms with van der Waals surface area (Å²) in [4.78, 5) is 16.9. The van der Waals surface area contributed by atoms with E-state index in [2.05, 4.69) is 36.4 Å². The van der Waals surface area contributed by atoms with E-state index in [1.165, 1.54) is 11.8 Å². The fraction of sp³-hybridized carbons (Fsp3) is 0.211. The second kappa shape index (κ2) is 9.05. The van der Waals surface area contributed by atoms with Crippen molar-refractivity contribution in [3.8, 4) is 17.1 Å². The number of amides is 1. The van der Waals surface area contributed by atoms with Crippen molar-refractivity contribution in [1.82, 2.24) is 15.2 Å². The van der Waals surface area contributed by atoms with Gasteiger partial charge in [-0.1, -0.05) is 45.9 Å². The van der Waals surface area contributed by atoms with E-state index in [0.29, 0.717) is 17.6 Å². The third-order valence-electron chi connectivity index (χ3n) is 3.68. The maximum atomic E-state index is 12.4. The van der Waals surface area contributed by atoms with Crippen LogP contribution in [0.4, 0.5) is 5.69 Å². The van der Waals surface area contributed by atoms with Crippen LogP contribution >= 0.6 is 27.7 Å². The van der Waals surface area contributed by atoms with Gasteiger partial charge in [0.2, 0.25) is 11.1 Å². The first-order chi connectivity index (χ1) is 13.1. The van der Waals surface area contributed by atoms with Gasteiger partial charge < -0.3 is 10.1 Å². The lowest BCUT2D eigenvalue weighted by Crippen LogP contribution is -2.22. The molecule has 3 rings (SSSR count). The molecule has 0 spiro atoms. The average Bonchev–Trinajstić information content (AvgIpc) is 3.12. The van der Waals surface area contributed by atoms with Crippen LogP contribution in [-0.2, 0) is 4.79 Å². The number of nitrogens with zero attached hydrogens (tertiary/aromatic N) is 2. The lowest BCUT2D eigenvalue weighted by Gasteiger charge is -2.10. The predicted molar refractivity (Wildman–Crippen MR) is 111 cm³/mol. The fourth-order valence-corrected chi connectivity index (χ4v) is 3.53. The van der Waals surface area contributed by atoms with Crippen molar-refractivity contribution in [2.45, 2.75) is 24.3 Å².